The van der Waals surface area contributed by atoms with Crippen LogP contribution in [0.2, 0.25) is 0 Å². The van der Waals surface area contributed by atoms with E-state index in [-0.39, 0.29) is 23.2 Å². The molecule has 4 nitrogen and oxygen atoms in total. The molecule has 1 saturated heterocycles. The second kappa shape index (κ2) is 6.70. The third-order valence-electron chi connectivity index (χ3n) is 3.87. The van der Waals surface area contributed by atoms with Gasteiger partial charge >= 0.3 is 0 Å². The van der Waals surface area contributed by atoms with Crippen molar-refractivity contribution in [3.63, 3.8) is 0 Å². The van der Waals surface area contributed by atoms with Gasteiger partial charge in [0.1, 0.15) is 5.82 Å². The number of rotatable bonds is 4. The maximum atomic E-state index is 13.3. The molecule has 2 rings (SSSR count). The summed E-state index contributed by atoms with van der Waals surface area (Å²) < 4.78 is 13.3. The molecule has 20 heavy (non-hydrogen) atoms. The first kappa shape index (κ1) is 14.8. The van der Waals surface area contributed by atoms with E-state index in [0.717, 1.165) is 13.1 Å². The minimum absolute atomic E-state index is 0.0874. The molecule has 3 N–H and O–H groups in total. The Balaban J connectivity index is 1.89. The molecule has 1 aromatic rings. The van der Waals surface area contributed by atoms with E-state index in [9.17, 15) is 9.18 Å². The van der Waals surface area contributed by atoms with E-state index in [1.54, 1.807) is 6.07 Å². The number of anilines is 1. The Morgan fingerprint density at radius 2 is 2.10 bits per heavy atom. The summed E-state index contributed by atoms with van der Waals surface area (Å²) in [5.41, 5.74) is 5.70. The maximum absolute atomic E-state index is 13.3. The Labute approximate surface area is 119 Å². The lowest BCUT2D eigenvalue weighted by Gasteiger charge is -2.32. The van der Waals surface area contributed by atoms with Crippen molar-refractivity contribution in [2.24, 2.45) is 0 Å². The molecule has 0 aliphatic carbocycles. The number of halogens is 1. The highest BCUT2D eigenvalue weighted by Gasteiger charge is 2.18. The maximum Gasteiger partial charge on any atom is 0.253 e. The third kappa shape index (κ3) is 3.48. The summed E-state index contributed by atoms with van der Waals surface area (Å²) in [6.45, 7) is 4.81. The van der Waals surface area contributed by atoms with Crippen molar-refractivity contribution >= 4 is 11.6 Å². The minimum Gasteiger partial charge on any atom is -0.396 e. The zero-order valence-electron chi connectivity index (χ0n) is 11.9. The van der Waals surface area contributed by atoms with Crippen LogP contribution in [0.1, 0.15) is 36.5 Å². The average molecular weight is 279 g/mol. The van der Waals surface area contributed by atoms with Crippen molar-refractivity contribution in [2.75, 3.05) is 25.4 Å². The molecule has 1 amide bonds. The van der Waals surface area contributed by atoms with E-state index in [4.69, 9.17) is 5.73 Å². The predicted octanol–water partition coefficient (Wildman–Crippen LogP) is 2.01. The van der Waals surface area contributed by atoms with Crippen LogP contribution < -0.4 is 11.1 Å². The van der Waals surface area contributed by atoms with Gasteiger partial charge in [-0.15, -0.1) is 0 Å². The fraction of sp³-hybridized carbons (Fsp3) is 0.533. The molecule has 1 heterocycles. The summed E-state index contributed by atoms with van der Waals surface area (Å²) in [7, 11) is 0. The highest BCUT2D eigenvalue weighted by atomic mass is 19.1. The quantitative estimate of drug-likeness (QED) is 0.829. The van der Waals surface area contributed by atoms with Crippen LogP contribution in [-0.2, 0) is 0 Å². The molecule has 110 valence electrons. The van der Waals surface area contributed by atoms with Crippen molar-refractivity contribution in [3.8, 4) is 0 Å². The Morgan fingerprint density at radius 1 is 1.40 bits per heavy atom. The molecule has 1 aliphatic heterocycles. The van der Waals surface area contributed by atoms with Crippen LogP contribution in [0.4, 0.5) is 10.1 Å². The number of nitrogen functional groups attached to an aromatic ring is 1. The molecule has 0 radical (unpaired) electrons. The van der Waals surface area contributed by atoms with Crippen molar-refractivity contribution in [3.05, 3.63) is 29.6 Å². The fourth-order valence-corrected chi connectivity index (χ4v) is 2.56. The number of nitrogens with one attached hydrogen (secondary N) is 1. The molecular weight excluding hydrogens is 257 g/mol. The zero-order chi connectivity index (χ0) is 14.5. The lowest BCUT2D eigenvalue weighted by atomic mass is 10.1. The number of hydrogen-bond donors (Lipinski definition) is 2. The standard InChI is InChI=1S/C15H22FN3O/c1-11(19-8-3-2-4-9-19)10-18-15(20)12-6-5-7-13(16)14(12)17/h5-7,11H,2-4,8-10,17H2,1H3,(H,18,20). The molecule has 0 aromatic heterocycles. The van der Waals surface area contributed by atoms with E-state index < -0.39 is 5.82 Å². The van der Waals surface area contributed by atoms with Crippen LogP contribution in [-0.4, -0.2) is 36.5 Å². The SMILES string of the molecule is CC(CNC(=O)c1cccc(F)c1N)N1CCCCC1. The van der Waals surface area contributed by atoms with Gasteiger partial charge in [0.25, 0.3) is 5.91 Å². The second-order valence-electron chi connectivity index (χ2n) is 5.36. The molecule has 1 fully saturated rings. The number of piperidine rings is 1. The summed E-state index contributed by atoms with van der Waals surface area (Å²) in [5, 5.41) is 2.84. The van der Waals surface area contributed by atoms with Crippen LogP contribution >= 0.6 is 0 Å². The summed E-state index contributed by atoms with van der Waals surface area (Å²) in [6.07, 6.45) is 3.72. The van der Waals surface area contributed by atoms with Gasteiger partial charge in [-0.3, -0.25) is 9.69 Å². The van der Waals surface area contributed by atoms with Crippen molar-refractivity contribution < 1.29 is 9.18 Å². The van der Waals surface area contributed by atoms with E-state index in [1.807, 2.05) is 0 Å². The minimum atomic E-state index is -0.554. The number of carbonyl (C=O) groups is 1. The zero-order valence-corrected chi connectivity index (χ0v) is 11.9. The van der Waals surface area contributed by atoms with E-state index >= 15 is 0 Å². The lowest BCUT2D eigenvalue weighted by molar-refractivity contribution is 0.0930. The molecule has 1 aromatic carbocycles. The summed E-state index contributed by atoms with van der Waals surface area (Å²) in [6, 6.07) is 4.57. The van der Waals surface area contributed by atoms with Crippen LogP contribution in [0.5, 0.6) is 0 Å². The van der Waals surface area contributed by atoms with Gasteiger partial charge in [-0.2, -0.15) is 0 Å². The first-order valence-corrected chi connectivity index (χ1v) is 7.16. The van der Waals surface area contributed by atoms with Crippen LogP contribution in [0.25, 0.3) is 0 Å². The monoisotopic (exact) mass is 279 g/mol. The first-order valence-electron chi connectivity index (χ1n) is 7.16. The van der Waals surface area contributed by atoms with Crippen LogP contribution in [0.3, 0.4) is 0 Å². The van der Waals surface area contributed by atoms with Gasteiger partial charge in [0.05, 0.1) is 11.3 Å². The number of carbonyl (C=O) groups excluding carboxylic acids is 1. The third-order valence-corrected chi connectivity index (χ3v) is 3.87. The van der Waals surface area contributed by atoms with Gasteiger partial charge in [-0.25, -0.2) is 4.39 Å². The largest absolute Gasteiger partial charge is 0.396 e. The number of nitrogens with zero attached hydrogens (tertiary/aromatic N) is 1. The van der Waals surface area contributed by atoms with Crippen molar-refractivity contribution in [2.45, 2.75) is 32.2 Å². The first-order chi connectivity index (χ1) is 9.59. The predicted molar refractivity (Wildman–Crippen MR) is 78.0 cm³/mol. The summed E-state index contributed by atoms with van der Waals surface area (Å²) >= 11 is 0. The number of hydrogen-bond acceptors (Lipinski definition) is 3. The van der Waals surface area contributed by atoms with Gasteiger partial charge in [-0.1, -0.05) is 12.5 Å². The van der Waals surface area contributed by atoms with Gasteiger partial charge in [0, 0.05) is 12.6 Å². The molecule has 0 bridgehead atoms. The molecule has 1 aliphatic rings. The number of para-hydroxylation sites is 1. The molecule has 1 atom stereocenters. The Kier molecular flexibility index (Phi) is 4.95. The highest BCUT2D eigenvalue weighted by Crippen LogP contribution is 2.16. The lowest BCUT2D eigenvalue weighted by Crippen LogP contribution is -2.44. The van der Waals surface area contributed by atoms with Crippen LogP contribution in [0, 0.1) is 5.82 Å². The van der Waals surface area contributed by atoms with E-state index in [2.05, 4.69) is 17.1 Å². The normalized spacial score (nSPS) is 17.7. The number of amides is 1. The Bertz CT molecular complexity index is 472. The van der Waals surface area contributed by atoms with Crippen LogP contribution in [0.15, 0.2) is 18.2 Å². The van der Waals surface area contributed by atoms with Gasteiger partial charge in [0.2, 0.25) is 0 Å². The smallest absolute Gasteiger partial charge is 0.253 e. The Hall–Kier alpha value is -1.62. The van der Waals surface area contributed by atoms with Gasteiger partial charge in [-0.05, 0) is 45.0 Å². The summed E-state index contributed by atoms with van der Waals surface area (Å²) in [5.74, 6) is -0.868. The Morgan fingerprint density at radius 3 is 2.80 bits per heavy atom. The molecular formula is C15H22FN3O. The van der Waals surface area contributed by atoms with Gasteiger partial charge in [0.15, 0.2) is 0 Å². The van der Waals surface area contributed by atoms with E-state index in [1.165, 1.54) is 31.4 Å². The van der Waals surface area contributed by atoms with Crippen molar-refractivity contribution in [1.82, 2.24) is 10.2 Å². The molecule has 5 heteroatoms. The molecule has 1 unspecified atom stereocenters. The molecule has 0 spiro atoms. The van der Waals surface area contributed by atoms with Gasteiger partial charge < -0.3 is 11.1 Å². The highest BCUT2D eigenvalue weighted by molar-refractivity contribution is 5.99. The number of nitrogens with two attached hydrogens (primary N) is 1. The summed E-state index contributed by atoms with van der Waals surface area (Å²) in [4.78, 5) is 14.4. The average Bonchev–Trinajstić information content (AvgIpc) is 2.48. The van der Waals surface area contributed by atoms with E-state index in [0.29, 0.717) is 6.54 Å². The number of benzene rings is 1. The topological polar surface area (TPSA) is 58.4 Å². The fourth-order valence-electron chi connectivity index (χ4n) is 2.56. The van der Waals surface area contributed by atoms with Crippen molar-refractivity contribution in [1.29, 1.82) is 0 Å². The number of likely N-dealkylation sites (tertiary alicyclic amines) is 1. The molecule has 0 saturated carbocycles. The second-order valence-corrected chi connectivity index (χ2v) is 5.36.